The SMILES string of the molecule is CC(C)[C@]12OC1[C@@H]1O[C@]13[C@]1(O[C@H]1CC1C4=C(CC[C@@]13C)C(=O)OC4)[C@@H]2OC(=O)CCC(=O)NCCS. The lowest BCUT2D eigenvalue weighted by Crippen LogP contribution is -2.70. The number of amides is 1. The maximum Gasteiger partial charge on any atom is 0.334 e. The van der Waals surface area contributed by atoms with Crippen LogP contribution in [0.25, 0.3) is 0 Å². The lowest BCUT2D eigenvalue weighted by atomic mass is 9.46. The van der Waals surface area contributed by atoms with Crippen LogP contribution in [0.3, 0.4) is 0 Å². The van der Waals surface area contributed by atoms with E-state index in [0.717, 1.165) is 24.0 Å². The normalized spacial score (nSPS) is 48.5. The molecule has 2 spiro atoms. The second kappa shape index (κ2) is 7.27. The topological polar surface area (TPSA) is 119 Å². The third-order valence-electron chi connectivity index (χ3n) is 10.3. The predicted octanol–water partition coefficient (Wildman–Crippen LogP) is 1.48. The summed E-state index contributed by atoms with van der Waals surface area (Å²) >= 11 is 4.10. The summed E-state index contributed by atoms with van der Waals surface area (Å²) in [5.74, 6) is -0.0646. The van der Waals surface area contributed by atoms with Crippen molar-refractivity contribution in [1.82, 2.24) is 5.32 Å². The van der Waals surface area contributed by atoms with Crippen molar-refractivity contribution in [2.45, 2.75) is 94.1 Å². The van der Waals surface area contributed by atoms with E-state index in [9.17, 15) is 14.4 Å². The second-order valence-corrected chi connectivity index (χ2v) is 12.4. The number of esters is 2. The van der Waals surface area contributed by atoms with Gasteiger partial charge in [0, 0.05) is 29.7 Å². The molecule has 0 aromatic carbocycles. The minimum Gasteiger partial charge on any atom is -0.458 e. The van der Waals surface area contributed by atoms with Gasteiger partial charge in [-0.1, -0.05) is 20.8 Å². The minimum absolute atomic E-state index is 0.0125. The number of epoxide rings is 3. The van der Waals surface area contributed by atoms with E-state index >= 15 is 0 Å². The highest BCUT2D eigenvalue weighted by Gasteiger charge is 3.01. The zero-order chi connectivity index (χ0) is 25.3. The molecule has 1 N–H and O–H groups in total. The first-order valence-corrected chi connectivity index (χ1v) is 13.8. The smallest absolute Gasteiger partial charge is 0.334 e. The number of carbonyl (C=O) groups excluding carboxylic acids is 3. The summed E-state index contributed by atoms with van der Waals surface area (Å²) in [5.41, 5.74) is -0.423. The van der Waals surface area contributed by atoms with Crippen LogP contribution in [-0.4, -0.2) is 78.0 Å². The molecular weight excluding hydrogens is 486 g/mol. The van der Waals surface area contributed by atoms with Gasteiger partial charge in [-0.25, -0.2) is 4.79 Å². The van der Waals surface area contributed by atoms with Crippen LogP contribution in [0.15, 0.2) is 11.1 Å². The predicted molar refractivity (Wildman–Crippen MR) is 127 cm³/mol. The fourth-order valence-electron chi connectivity index (χ4n) is 8.53. The van der Waals surface area contributed by atoms with Crippen LogP contribution >= 0.6 is 12.6 Å². The van der Waals surface area contributed by atoms with E-state index in [2.05, 4.69) is 38.7 Å². The summed E-state index contributed by atoms with van der Waals surface area (Å²) in [6.07, 6.45) is 1.17. The van der Waals surface area contributed by atoms with Crippen LogP contribution in [0.5, 0.6) is 0 Å². The van der Waals surface area contributed by atoms with Crippen LogP contribution in [0, 0.1) is 17.3 Å². The van der Waals surface area contributed by atoms with Crippen molar-refractivity contribution in [2.24, 2.45) is 17.3 Å². The number of ether oxygens (including phenoxy) is 5. The molecule has 0 bridgehead atoms. The molecule has 9 atom stereocenters. The summed E-state index contributed by atoms with van der Waals surface area (Å²) in [7, 11) is 0. The Morgan fingerprint density at radius 1 is 1.19 bits per heavy atom. The van der Waals surface area contributed by atoms with Gasteiger partial charge in [0.15, 0.2) is 11.7 Å². The van der Waals surface area contributed by atoms with Crippen LogP contribution in [0.1, 0.15) is 52.9 Å². The monoisotopic (exact) mass is 519 g/mol. The molecule has 4 heterocycles. The van der Waals surface area contributed by atoms with E-state index in [1.165, 1.54) is 0 Å². The minimum atomic E-state index is -0.772. The van der Waals surface area contributed by atoms with Crippen molar-refractivity contribution >= 4 is 30.5 Å². The van der Waals surface area contributed by atoms with Crippen molar-refractivity contribution in [2.75, 3.05) is 18.9 Å². The maximum atomic E-state index is 13.1. The van der Waals surface area contributed by atoms with E-state index in [4.69, 9.17) is 23.7 Å². The van der Waals surface area contributed by atoms with Gasteiger partial charge >= 0.3 is 11.9 Å². The van der Waals surface area contributed by atoms with Gasteiger partial charge in [-0.3, -0.25) is 9.59 Å². The zero-order valence-corrected chi connectivity index (χ0v) is 21.7. The van der Waals surface area contributed by atoms with Crippen molar-refractivity contribution in [3.8, 4) is 0 Å². The zero-order valence-electron chi connectivity index (χ0n) is 20.8. The Morgan fingerprint density at radius 2 is 2.00 bits per heavy atom. The van der Waals surface area contributed by atoms with Gasteiger partial charge in [0.2, 0.25) is 5.91 Å². The standard InChI is InChI=1S/C26H33NO8S/c1-12(2)24-19(34-24)20-26(35-20)23(3)7-6-13-14(11-31-21(13)30)15(23)10-16-25(26,33-16)22(24)32-18(29)5-4-17(28)27-8-9-36/h12,15-16,19-20,22,36H,4-11H2,1-3H3,(H,27,28)/t15?,16-,19?,20-,22+,23-,24-,25+,26+/m0/s1. The summed E-state index contributed by atoms with van der Waals surface area (Å²) < 4.78 is 31.4. The molecule has 5 fully saturated rings. The number of rotatable bonds is 7. The van der Waals surface area contributed by atoms with Gasteiger partial charge < -0.3 is 29.0 Å². The van der Waals surface area contributed by atoms with Crippen LogP contribution in [-0.2, 0) is 38.1 Å². The number of fused-ring (bicyclic) bond motifs is 4. The average molecular weight is 520 g/mol. The number of hydrogen-bond acceptors (Lipinski definition) is 9. The summed E-state index contributed by atoms with van der Waals surface area (Å²) in [6, 6.07) is 0. The molecule has 9 nitrogen and oxygen atoms in total. The Hall–Kier alpha value is -1.62. The number of thiol groups is 1. The van der Waals surface area contributed by atoms with Gasteiger partial charge in [0.25, 0.3) is 0 Å². The molecule has 2 saturated carbocycles. The Kier molecular flexibility index (Phi) is 4.74. The van der Waals surface area contributed by atoms with Crippen molar-refractivity contribution in [3.05, 3.63) is 11.1 Å². The van der Waals surface area contributed by atoms with E-state index in [1.807, 2.05) is 0 Å². The summed E-state index contributed by atoms with van der Waals surface area (Å²) in [4.78, 5) is 37.5. The molecule has 1 amide bonds. The highest BCUT2D eigenvalue weighted by Crippen LogP contribution is 2.83. The van der Waals surface area contributed by atoms with Gasteiger partial charge in [-0.05, 0) is 36.7 Å². The molecule has 7 rings (SSSR count). The molecule has 2 unspecified atom stereocenters. The number of cyclic esters (lactones) is 1. The number of nitrogens with one attached hydrogen (secondary N) is 1. The first-order valence-electron chi connectivity index (χ1n) is 13.2. The second-order valence-electron chi connectivity index (χ2n) is 11.9. The Balaban J connectivity index is 1.20. The van der Waals surface area contributed by atoms with Gasteiger partial charge in [-0.15, -0.1) is 0 Å². The first-order chi connectivity index (χ1) is 17.2. The lowest BCUT2D eigenvalue weighted by Gasteiger charge is -2.53. The van der Waals surface area contributed by atoms with E-state index in [1.54, 1.807) is 0 Å². The molecule has 3 aliphatic carbocycles. The molecule has 0 aromatic rings. The molecule has 36 heavy (non-hydrogen) atoms. The van der Waals surface area contributed by atoms with Crippen molar-refractivity contribution in [1.29, 1.82) is 0 Å². The number of hydrogen-bond donors (Lipinski definition) is 2. The van der Waals surface area contributed by atoms with Crippen LogP contribution in [0.4, 0.5) is 0 Å². The van der Waals surface area contributed by atoms with Crippen molar-refractivity contribution in [3.63, 3.8) is 0 Å². The molecule has 7 aliphatic rings. The Bertz CT molecular complexity index is 1110. The Labute approximate surface area is 215 Å². The molecule has 4 aliphatic heterocycles. The van der Waals surface area contributed by atoms with Gasteiger partial charge in [0.1, 0.15) is 30.0 Å². The molecule has 10 heteroatoms. The highest BCUT2D eigenvalue weighted by molar-refractivity contribution is 7.80. The fourth-order valence-corrected chi connectivity index (χ4v) is 8.64. The lowest BCUT2D eigenvalue weighted by molar-refractivity contribution is -0.169. The molecule has 0 aromatic heterocycles. The molecule has 0 radical (unpaired) electrons. The maximum absolute atomic E-state index is 13.1. The van der Waals surface area contributed by atoms with Crippen LogP contribution in [0.2, 0.25) is 0 Å². The first kappa shape index (κ1) is 23.5. The highest BCUT2D eigenvalue weighted by atomic mass is 32.1. The third kappa shape index (κ3) is 2.57. The van der Waals surface area contributed by atoms with E-state index in [0.29, 0.717) is 25.3 Å². The number of carbonyl (C=O) groups is 3. The summed E-state index contributed by atoms with van der Waals surface area (Å²) in [5, 5.41) is 2.73. The summed E-state index contributed by atoms with van der Waals surface area (Å²) in [6.45, 7) is 7.22. The van der Waals surface area contributed by atoms with E-state index < -0.39 is 28.9 Å². The van der Waals surface area contributed by atoms with Crippen LogP contribution < -0.4 is 5.32 Å². The quantitative estimate of drug-likeness (QED) is 0.295. The third-order valence-corrected chi connectivity index (χ3v) is 10.5. The Morgan fingerprint density at radius 3 is 2.75 bits per heavy atom. The van der Waals surface area contributed by atoms with E-state index in [-0.39, 0.29) is 60.3 Å². The molecular formula is C26H33NO8S. The van der Waals surface area contributed by atoms with Gasteiger partial charge in [-0.2, -0.15) is 12.6 Å². The largest absolute Gasteiger partial charge is 0.458 e. The average Bonchev–Trinajstić information content (AvgIpc) is 3.74. The van der Waals surface area contributed by atoms with Gasteiger partial charge in [0.05, 0.1) is 12.5 Å². The molecule has 3 saturated heterocycles. The van der Waals surface area contributed by atoms with Crippen molar-refractivity contribution < 1.29 is 38.1 Å². The fraction of sp³-hybridized carbons (Fsp3) is 0.808. The molecule has 196 valence electrons.